The molecule has 0 radical (unpaired) electrons. The molecule has 0 aliphatic carbocycles. The normalized spacial score (nSPS) is 10.2. The summed E-state index contributed by atoms with van der Waals surface area (Å²) in [6, 6.07) is 21.1. The number of fused-ring (bicyclic) bond motifs is 1. The Morgan fingerprint density at radius 1 is 0.769 bits per heavy atom. The number of amides is 2. The summed E-state index contributed by atoms with van der Waals surface area (Å²) in [6.45, 7) is -0.503. The summed E-state index contributed by atoms with van der Waals surface area (Å²) in [5.41, 5.74) is 5.25. The van der Waals surface area contributed by atoms with Gasteiger partial charge in [0.1, 0.15) is 0 Å². The lowest BCUT2D eigenvalue weighted by molar-refractivity contribution is -0.125. The molecule has 0 spiro atoms. The van der Waals surface area contributed by atoms with E-state index in [4.69, 9.17) is 4.74 Å². The lowest BCUT2D eigenvalue weighted by Crippen LogP contribution is -2.43. The van der Waals surface area contributed by atoms with E-state index in [1.54, 1.807) is 42.5 Å². The summed E-state index contributed by atoms with van der Waals surface area (Å²) in [6.07, 6.45) is 0. The molecule has 0 saturated heterocycles. The fourth-order valence-electron chi connectivity index (χ4n) is 2.44. The summed E-state index contributed by atoms with van der Waals surface area (Å²) in [7, 11) is 0. The third-order valence-electron chi connectivity index (χ3n) is 3.70. The first-order valence-corrected chi connectivity index (χ1v) is 7.94. The molecule has 0 saturated carbocycles. The van der Waals surface area contributed by atoms with Gasteiger partial charge in [-0.05, 0) is 29.0 Å². The van der Waals surface area contributed by atoms with Crippen LogP contribution in [-0.2, 0) is 9.53 Å². The molecule has 3 aromatic rings. The van der Waals surface area contributed by atoms with Crippen molar-refractivity contribution in [2.24, 2.45) is 0 Å². The standard InChI is InChI=1S/C20H16N2O4/c23-18(21-22-19(24)15-8-2-1-3-9-15)13-26-20(25)17-12-6-10-14-7-4-5-11-16(14)17/h1-12H,13H2,(H,21,23)(H,22,24). The van der Waals surface area contributed by atoms with Gasteiger partial charge in [0, 0.05) is 5.56 Å². The summed E-state index contributed by atoms with van der Waals surface area (Å²) in [5, 5.41) is 1.65. The Morgan fingerprint density at radius 3 is 2.27 bits per heavy atom. The molecule has 0 bridgehead atoms. The largest absolute Gasteiger partial charge is 0.452 e. The number of carbonyl (C=O) groups is 3. The Labute approximate surface area is 149 Å². The van der Waals surface area contributed by atoms with Crippen molar-refractivity contribution in [3.8, 4) is 0 Å². The predicted molar refractivity (Wildman–Crippen MR) is 96.3 cm³/mol. The molecule has 26 heavy (non-hydrogen) atoms. The van der Waals surface area contributed by atoms with Crippen LogP contribution >= 0.6 is 0 Å². The van der Waals surface area contributed by atoms with E-state index in [0.29, 0.717) is 11.1 Å². The lowest BCUT2D eigenvalue weighted by atomic mass is 10.1. The van der Waals surface area contributed by atoms with E-state index >= 15 is 0 Å². The number of esters is 1. The Kier molecular flexibility index (Phi) is 5.24. The van der Waals surface area contributed by atoms with Crippen LogP contribution in [0.1, 0.15) is 20.7 Å². The van der Waals surface area contributed by atoms with Crippen molar-refractivity contribution >= 4 is 28.6 Å². The monoisotopic (exact) mass is 348 g/mol. The van der Waals surface area contributed by atoms with Crippen LogP contribution in [-0.4, -0.2) is 24.4 Å². The first-order chi connectivity index (χ1) is 12.6. The summed E-state index contributed by atoms with van der Waals surface area (Å²) >= 11 is 0. The van der Waals surface area contributed by atoms with Crippen molar-refractivity contribution in [2.75, 3.05) is 6.61 Å². The second-order valence-electron chi connectivity index (χ2n) is 5.47. The average molecular weight is 348 g/mol. The molecule has 6 nitrogen and oxygen atoms in total. The van der Waals surface area contributed by atoms with Crippen molar-refractivity contribution in [2.45, 2.75) is 0 Å². The molecule has 0 aromatic heterocycles. The quantitative estimate of drug-likeness (QED) is 0.560. The van der Waals surface area contributed by atoms with Crippen LogP contribution < -0.4 is 10.9 Å². The van der Waals surface area contributed by atoms with Gasteiger partial charge in [-0.2, -0.15) is 0 Å². The fraction of sp³-hybridized carbons (Fsp3) is 0.0500. The predicted octanol–water partition coefficient (Wildman–Crippen LogP) is 2.46. The molecule has 2 amide bonds. The van der Waals surface area contributed by atoms with E-state index in [-0.39, 0.29) is 0 Å². The molecule has 130 valence electrons. The molecule has 0 heterocycles. The number of benzene rings is 3. The zero-order valence-electron chi connectivity index (χ0n) is 13.8. The summed E-state index contributed by atoms with van der Waals surface area (Å²) in [4.78, 5) is 35.8. The number of hydrogen-bond acceptors (Lipinski definition) is 4. The smallest absolute Gasteiger partial charge is 0.339 e. The van der Waals surface area contributed by atoms with Crippen LogP contribution in [0.3, 0.4) is 0 Å². The first-order valence-electron chi connectivity index (χ1n) is 7.94. The van der Waals surface area contributed by atoms with Crippen LogP contribution in [0.2, 0.25) is 0 Å². The van der Waals surface area contributed by atoms with Gasteiger partial charge >= 0.3 is 5.97 Å². The third-order valence-corrected chi connectivity index (χ3v) is 3.70. The SMILES string of the molecule is O=C(COC(=O)c1cccc2ccccc12)NNC(=O)c1ccccc1. The van der Waals surface area contributed by atoms with Crippen molar-refractivity contribution in [1.29, 1.82) is 0 Å². The van der Waals surface area contributed by atoms with E-state index in [9.17, 15) is 14.4 Å². The molecule has 3 aromatic carbocycles. The number of carbonyl (C=O) groups excluding carboxylic acids is 3. The number of nitrogens with one attached hydrogen (secondary N) is 2. The molecule has 0 unspecified atom stereocenters. The highest BCUT2D eigenvalue weighted by Gasteiger charge is 2.13. The maximum atomic E-state index is 12.2. The van der Waals surface area contributed by atoms with E-state index < -0.39 is 24.4 Å². The minimum atomic E-state index is -0.636. The second kappa shape index (κ2) is 7.94. The highest BCUT2D eigenvalue weighted by atomic mass is 16.5. The van der Waals surface area contributed by atoms with Gasteiger partial charge in [0.25, 0.3) is 11.8 Å². The Balaban J connectivity index is 1.54. The van der Waals surface area contributed by atoms with E-state index in [0.717, 1.165) is 10.8 Å². The third kappa shape index (κ3) is 4.05. The van der Waals surface area contributed by atoms with Gasteiger partial charge < -0.3 is 4.74 Å². The van der Waals surface area contributed by atoms with Crippen LogP contribution in [0.4, 0.5) is 0 Å². The molecule has 2 N–H and O–H groups in total. The Bertz CT molecular complexity index is 949. The minimum Gasteiger partial charge on any atom is -0.452 e. The number of hydrazine groups is 1. The van der Waals surface area contributed by atoms with E-state index in [1.165, 1.54) is 0 Å². The van der Waals surface area contributed by atoms with Gasteiger partial charge in [0.05, 0.1) is 5.56 Å². The van der Waals surface area contributed by atoms with Gasteiger partial charge in [-0.25, -0.2) is 4.79 Å². The fourth-order valence-corrected chi connectivity index (χ4v) is 2.44. The molecular formula is C20H16N2O4. The lowest BCUT2D eigenvalue weighted by Gasteiger charge is -2.09. The van der Waals surface area contributed by atoms with Crippen LogP contribution in [0.25, 0.3) is 10.8 Å². The van der Waals surface area contributed by atoms with Crippen molar-refractivity contribution in [3.63, 3.8) is 0 Å². The highest BCUT2D eigenvalue weighted by Crippen LogP contribution is 2.19. The Hall–Kier alpha value is -3.67. The van der Waals surface area contributed by atoms with Crippen LogP contribution in [0.5, 0.6) is 0 Å². The molecular weight excluding hydrogens is 332 g/mol. The zero-order chi connectivity index (χ0) is 18.4. The Morgan fingerprint density at radius 2 is 1.46 bits per heavy atom. The molecule has 0 aliphatic heterocycles. The second-order valence-corrected chi connectivity index (χ2v) is 5.47. The minimum absolute atomic E-state index is 0.379. The maximum absolute atomic E-state index is 12.2. The van der Waals surface area contributed by atoms with Crippen molar-refractivity contribution in [3.05, 3.63) is 83.9 Å². The molecule has 0 aliphatic rings. The summed E-state index contributed by atoms with van der Waals surface area (Å²) < 4.78 is 5.03. The van der Waals surface area contributed by atoms with E-state index in [2.05, 4.69) is 10.9 Å². The molecule has 3 rings (SSSR count). The van der Waals surface area contributed by atoms with Crippen molar-refractivity contribution in [1.82, 2.24) is 10.9 Å². The van der Waals surface area contributed by atoms with Gasteiger partial charge in [-0.3, -0.25) is 20.4 Å². The topological polar surface area (TPSA) is 84.5 Å². The highest BCUT2D eigenvalue weighted by molar-refractivity contribution is 6.05. The first kappa shape index (κ1) is 17.2. The zero-order valence-corrected chi connectivity index (χ0v) is 13.8. The molecule has 6 heteroatoms. The van der Waals surface area contributed by atoms with Gasteiger partial charge in [-0.1, -0.05) is 54.6 Å². The van der Waals surface area contributed by atoms with Crippen molar-refractivity contribution < 1.29 is 19.1 Å². The van der Waals surface area contributed by atoms with Crippen LogP contribution in [0, 0.1) is 0 Å². The van der Waals surface area contributed by atoms with E-state index in [1.807, 2.05) is 30.3 Å². The van der Waals surface area contributed by atoms with Crippen LogP contribution in [0.15, 0.2) is 72.8 Å². The van der Waals surface area contributed by atoms with Gasteiger partial charge in [0.2, 0.25) is 0 Å². The summed E-state index contributed by atoms with van der Waals surface area (Å²) in [5.74, 6) is -1.70. The average Bonchev–Trinajstić information content (AvgIpc) is 2.70. The number of hydrogen-bond donors (Lipinski definition) is 2. The van der Waals surface area contributed by atoms with Gasteiger partial charge in [-0.15, -0.1) is 0 Å². The number of ether oxygens (including phenoxy) is 1. The molecule has 0 atom stereocenters. The molecule has 0 fully saturated rings. The number of rotatable bonds is 4. The maximum Gasteiger partial charge on any atom is 0.339 e. The van der Waals surface area contributed by atoms with Gasteiger partial charge in [0.15, 0.2) is 6.61 Å².